The van der Waals surface area contributed by atoms with Crippen LogP contribution < -0.4 is 16.6 Å². The predicted octanol–water partition coefficient (Wildman–Crippen LogP) is 0.922. The van der Waals surface area contributed by atoms with Crippen molar-refractivity contribution in [1.82, 2.24) is 5.43 Å². The minimum atomic E-state index is -0.953. The van der Waals surface area contributed by atoms with Gasteiger partial charge < -0.3 is 5.32 Å². The molecule has 1 aromatic carbocycles. The zero-order valence-electron chi connectivity index (χ0n) is 7.38. The molecule has 0 radical (unpaired) electrons. The predicted molar refractivity (Wildman–Crippen MR) is 57.4 cm³/mol. The van der Waals surface area contributed by atoms with Crippen LogP contribution in [0.5, 0.6) is 0 Å². The molecule has 0 aliphatic rings. The van der Waals surface area contributed by atoms with Gasteiger partial charge in [-0.15, -0.1) is 0 Å². The lowest BCUT2D eigenvalue weighted by molar-refractivity contribution is -0.136. The molecule has 0 fully saturated rings. The van der Waals surface area contributed by atoms with Crippen molar-refractivity contribution < 1.29 is 9.59 Å². The fraction of sp³-hybridized carbons (Fsp3) is 0. The summed E-state index contributed by atoms with van der Waals surface area (Å²) in [6.07, 6.45) is 0. The largest absolute Gasteiger partial charge is 0.323 e. The first-order valence-electron chi connectivity index (χ1n) is 3.81. The van der Waals surface area contributed by atoms with Crippen LogP contribution >= 0.6 is 23.2 Å². The van der Waals surface area contributed by atoms with Crippen molar-refractivity contribution in [3.63, 3.8) is 0 Å². The highest BCUT2D eigenvalue weighted by molar-refractivity contribution is 6.40. The van der Waals surface area contributed by atoms with E-state index in [1.807, 2.05) is 0 Å². The van der Waals surface area contributed by atoms with Crippen LogP contribution in [0.4, 0.5) is 5.69 Å². The Morgan fingerprint density at radius 2 is 1.60 bits per heavy atom. The van der Waals surface area contributed by atoms with E-state index in [0.717, 1.165) is 0 Å². The van der Waals surface area contributed by atoms with E-state index in [1.165, 1.54) is 18.2 Å². The van der Waals surface area contributed by atoms with E-state index in [9.17, 15) is 9.59 Å². The Morgan fingerprint density at radius 1 is 1.07 bits per heavy atom. The summed E-state index contributed by atoms with van der Waals surface area (Å²) in [5.74, 6) is 2.93. The topological polar surface area (TPSA) is 84.2 Å². The van der Waals surface area contributed by atoms with Crippen LogP contribution in [0.25, 0.3) is 0 Å². The number of hydrogen-bond acceptors (Lipinski definition) is 3. The van der Waals surface area contributed by atoms with E-state index in [1.54, 1.807) is 5.43 Å². The molecule has 0 aliphatic heterocycles. The summed E-state index contributed by atoms with van der Waals surface area (Å²) in [6, 6.07) is 4.41. The molecule has 0 spiro atoms. The first-order valence-corrected chi connectivity index (χ1v) is 4.56. The van der Waals surface area contributed by atoms with E-state index in [0.29, 0.717) is 15.7 Å². The third-order valence-electron chi connectivity index (χ3n) is 1.46. The number of halogens is 2. The summed E-state index contributed by atoms with van der Waals surface area (Å²) < 4.78 is 0. The third kappa shape index (κ3) is 3.39. The van der Waals surface area contributed by atoms with Gasteiger partial charge in [-0.1, -0.05) is 23.2 Å². The van der Waals surface area contributed by atoms with Crippen LogP contribution in [0.3, 0.4) is 0 Å². The standard InChI is InChI=1S/C8H7Cl2N3O2/c9-4-1-5(10)3-6(2-4)12-7(14)8(15)13-11/h1-3H,11H2,(H,12,14)(H,13,15). The van der Waals surface area contributed by atoms with E-state index in [4.69, 9.17) is 29.0 Å². The molecule has 2 amide bonds. The molecule has 1 aromatic rings. The van der Waals surface area contributed by atoms with Crippen molar-refractivity contribution in [2.24, 2.45) is 5.84 Å². The van der Waals surface area contributed by atoms with E-state index >= 15 is 0 Å². The van der Waals surface area contributed by atoms with Gasteiger partial charge in [0.25, 0.3) is 0 Å². The molecule has 0 atom stereocenters. The Hall–Kier alpha value is -1.30. The average Bonchev–Trinajstić information content (AvgIpc) is 2.14. The zero-order chi connectivity index (χ0) is 11.4. The number of carbonyl (C=O) groups is 2. The number of nitrogens with two attached hydrogens (primary N) is 1. The monoisotopic (exact) mass is 247 g/mol. The molecular weight excluding hydrogens is 241 g/mol. The molecule has 0 heterocycles. The van der Waals surface area contributed by atoms with Crippen molar-refractivity contribution in [3.05, 3.63) is 28.2 Å². The first kappa shape index (κ1) is 11.8. The van der Waals surface area contributed by atoms with Gasteiger partial charge in [0.2, 0.25) is 0 Å². The highest BCUT2D eigenvalue weighted by Gasteiger charge is 2.12. The van der Waals surface area contributed by atoms with Crippen LogP contribution in [-0.2, 0) is 9.59 Å². The Balaban J connectivity index is 2.81. The van der Waals surface area contributed by atoms with Crippen LogP contribution in [0.2, 0.25) is 10.0 Å². The Bertz CT molecular complexity index is 389. The van der Waals surface area contributed by atoms with Gasteiger partial charge in [-0.2, -0.15) is 0 Å². The quantitative estimate of drug-likeness (QED) is 0.299. The Morgan fingerprint density at radius 3 is 2.07 bits per heavy atom. The van der Waals surface area contributed by atoms with Gasteiger partial charge in [0.1, 0.15) is 0 Å². The highest BCUT2D eigenvalue weighted by atomic mass is 35.5. The maximum atomic E-state index is 11.1. The average molecular weight is 248 g/mol. The lowest BCUT2D eigenvalue weighted by Gasteiger charge is -2.04. The van der Waals surface area contributed by atoms with Crippen LogP contribution in [0.1, 0.15) is 0 Å². The van der Waals surface area contributed by atoms with Gasteiger partial charge in [0.05, 0.1) is 0 Å². The molecular formula is C8H7Cl2N3O2. The molecule has 1 rings (SSSR count). The van der Waals surface area contributed by atoms with Gasteiger partial charge in [-0.05, 0) is 18.2 Å². The smallest absolute Gasteiger partial charge is 0.318 e. The van der Waals surface area contributed by atoms with Gasteiger partial charge in [-0.25, -0.2) is 5.84 Å². The molecule has 0 aliphatic carbocycles. The van der Waals surface area contributed by atoms with Crippen molar-refractivity contribution >= 4 is 40.7 Å². The lowest BCUT2D eigenvalue weighted by atomic mass is 10.3. The third-order valence-corrected chi connectivity index (χ3v) is 1.89. The number of nitrogens with one attached hydrogen (secondary N) is 2. The summed E-state index contributed by atoms with van der Waals surface area (Å²) in [5, 5.41) is 2.98. The number of amides is 2. The summed E-state index contributed by atoms with van der Waals surface area (Å²) in [4.78, 5) is 21.8. The maximum Gasteiger partial charge on any atom is 0.323 e. The summed E-state index contributed by atoms with van der Waals surface area (Å²) in [6.45, 7) is 0. The van der Waals surface area contributed by atoms with Gasteiger partial charge in [0.15, 0.2) is 0 Å². The number of hydrogen-bond donors (Lipinski definition) is 3. The van der Waals surface area contributed by atoms with E-state index in [2.05, 4.69) is 5.32 Å². The molecule has 0 saturated carbocycles. The fourth-order valence-corrected chi connectivity index (χ4v) is 1.41. The zero-order valence-corrected chi connectivity index (χ0v) is 8.89. The summed E-state index contributed by atoms with van der Waals surface area (Å²) in [7, 11) is 0. The van der Waals surface area contributed by atoms with Crippen molar-refractivity contribution in [2.75, 3.05) is 5.32 Å². The molecule has 0 aromatic heterocycles. The van der Waals surface area contributed by atoms with Crippen LogP contribution in [0.15, 0.2) is 18.2 Å². The normalized spacial score (nSPS) is 9.53. The maximum absolute atomic E-state index is 11.1. The van der Waals surface area contributed by atoms with Gasteiger partial charge in [0, 0.05) is 15.7 Å². The second-order valence-electron chi connectivity index (χ2n) is 2.59. The Labute approximate surface area is 95.5 Å². The number of benzene rings is 1. The second kappa shape index (κ2) is 4.97. The minimum absolute atomic E-state index is 0.320. The van der Waals surface area contributed by atoms with Crippen LogP contribution in [0, 0.1) is 0 Å². The first-order chi connectivity index (χ1) is 7.02. The number of hydrazine groups is 1. The second-order valence-corrected chi connectivity index (χ2v) is 3.46. The molecule has 4 N–H and O–H groups in total. The number of rotatable bonds is 1. The Kier molecular flexibility index (Phi) is 3.90. The van der Waals surface area contributed by atoms with Crippen LogP contribution in [-0.4, -0.2) is 11.8 Å². The molecule has 0 unspecified atom stereocenters. The van der Waals surface area contributed by atoms with Crippen molar-refractivity contribution in [3.8, 4) is 0 Å². The van der Waals surface area contributed by atoms with E-state index < -0.39 is 11.8 Å². The number of carbonyl (C=O) groups excluding carboxylic acids is 2. The summed E-state index contributed by atoms with van der Waals surface area (Å²) >= 11 is 11.4. The SMILES string of the molecule is NNC(=O)C(=O)Nc1cc(Cl)cc(Cl)c1. The fourth-order valence-electron chi connectivity index (χ4n) is 0.879. The molecule has 0 saturated heterocycles. The van der Waals surface area contributed by atoms with E-state index in [-0.39, 0.29) is 0 Å². The molecule has 5 nitrogen and oxygen atoms in total. The highest BCUT2D eigenvalue weighted by Crippen LogP contribution is 2.22. The molecule has 0 bridgehead atoms. The molecule has 80 valence electrons. The lowest BCUT2D eigenvalue weighted by Crippen LogP contribution is -2.39. The summed E-state index contributed by atoms with van der Waals surface area (Å²) in [5.41, 5.74) is 2.02. The molecule has 15 heavy (non-hydrogen) atoms. The molecule has 7 heteroatoms. The van der Waals surface area contributed by atoms with Gasteiger partial charge >= 0.3 is 11.8 Å². The number of anilines is 1. The van der Waals surface area contributed by atoms with Crippen molar-refractivity contribution in [1.29, 1.82) is 0 Å². The van der Waals surface area contributed by atoms with Gasteiger partial charge in [-0.3, -0.25) is 15.0 Å². The minimum Gasteiger partial charge on any atom is -0.318 e. The van der Waals surface area contributed by atoms with Crippen molar-refractivity contribution in [2.45, 2.75) is 0 Å².